The number of aryl methyl sites for hydroxylation is 2. The van der Waals surface area contributed by atoms with Crippen LogP contribution in [0.3, 0.4) is 0 Å². The Morgan fingerprint density at radius 1 is 0.192 bits per heavy atom. The zero-order valence-corrected chi connectivity index (χ0v) is 66.7. The third-order valence-corrected chi connectivity index (χ3v) is 22.5. The molecule has 16 aromatic carbocycles. The van der Waals surface area contributed by atoms with Crippen molar-refractivity contribution in [3.63, 3.8) is 0 Å². The summed E-state index contributed by atoms with van der Waals surface area (Å²) < 4.78 is 25.1. The van der Waals surface area contributed by atoms with Crippen LogP contribution >= 0.6 is 0 Å². The third-order valence-electron chi connectivity index (χ3n) is 22.5. The normalized spacial score (nSPS) is 11.5. The molecule has 12 nitrogen and oxygen atoms in total. The molecule has 0 aliphatic heterocycles. The van der Waals surface area contributed by atoms with Crippen molar-refractivity contribution in [2.24, 2.45) is 0 Å². The average molecular weight is 1550 g/mol. The van der Waals surface area contributed by atoms with Crippen molar-refractivity contribution in [1.29, 1.82) is 0 Å². The summed E-state index contributed by atoms with van der Waals surface area (Å²) >= 11 is 0. The molecule has 6 heterocycles. The molecule has 0 aliphatic carbocycles. The maximum absolute atomic E-state index is 6.09. The van der Waals surface area contributed by atoms with Gasteiger partial charge in [0.2, 0.25) is 35.3 Å². The van der Waals surface area contributed by atoms with E-state index in [4.69, 9.17) is 13.3 Å². The Morgan fingerprint density at radius 2 is 0.392 bits per heavy atom. The average Bonchev–Trinajstić information content (AvgIpc) is 1.60. The molecule has 120 heavy (non-hydrogen) atoms. The first-order chi connectivity index (χ1) is 58.9. The number of rotatable bonds is 13. The molecule has 0 atom stereocenters. The van der Waals surface area contributed by atoms with Crippen LogP contribution in [0.2, 0.25) is 0 Å². The van der Waals surface area contributed by atoms with Gasteiger partial charge in [-0.2, -0.15) is 0 Å². The summed E-state index contributed by atoms with van der Waals surface area (Å²) in [5, 5.41) is 33.3. The van der Waals surface area contributed by atoms with Crippen molar-refractivity contribution in [3.05, 3.63) is 405 Å². The molecule has 0 amide bonds. The van der Waals surface area contributed by atoms with Crippen LogP contribution < -0.4 is 0 Å². The van der Waals surface area contributed by atoms with E-state index >= 15 is 0 Å². The van der Waals surface area contributed by atoms with Gasteiger partial charge in [-0.15, -0.1) is 30.6 Å². The fraction of sp³-hybridized carbons (Fsp3) is 0.0556. The van der Waals surface area contributed by atoms with Gasteiger partial charge in [-0.3, -0.25) is 0 Å². The molecule has 22 rings (SSSR count). The topological polar surface area (TPSA) is 132 Å². The molecule has 0 unspecified atom stereocenters. The maximum Gasteiger partial charge on any atom is 0.248 e. The quantitative estimate of drug-likeness (QED) is 0.111. The van der Waals surface area contributed by atoms with Gasteiger partial charge in [0.05, 0.1) is 33.1 Å². The minimum absolute atomic E-state index is 0.101. The lowest BCUT2D eigenvalue weighted by atomic mass is 9.87. The summed E-state index contributed by atoms with van der Waals surface area (Å²) in [5.74, 6) is 3.10. The molecule has 0 N–H and O–H groups in total. The lowest BCUT2D eigenvalue weighted by molar-refractivity contribution is 0.582. The van der Waals surface area contributed by atoms with Gasteiger partial charge in [-0.25, -0.2) is 0 Å². The van der Waals surface area contributed by atoms with Crippen molar-refractivity contribution in [2.75, 3.05) is 0 Å². The van der Waals surface area contributed by atoms with Crippen LogP contribution in [0.15, 0.2) is 401 Å². The smallest absolute Gasteiger partial charge is 0.248 e. The lowest BCUT2D eigenvalue weighted by Gasteiger charge is -2.18. The van der Waals surface area contributed by atoms with Crippen LogP contribution in [0, 0.1) is 13.8 Å². The van der Waals surface area contributed by atoms with Crippen LogP contribution in [-0.2, 0) is 5.41 Å². The first-order valence-corrected chi connectivity index (χ1v) is 40.4. The highest BCUT2D eigenvalue weighted by Gasteiger charge is 2.21. The van der Waals surface area contributed by atoms with Crippen molar-refractivity contribution in [2.45, 2.75) is 40.0 Å². The van der Waals surface area contributed by atoms with Gasteiger partial charge in [-0.05, 0) is 233 Å². The number of aromatic nitrogens is 9. The number of hydrogen-bond donors (Lipinski definition) is 0. The summed E-state index contributed by atoms with van der Waals surface area (Å²) in [6, 6.07) is 136. The summed E-state index contributed by atoms with van der Waals surface area (Å²) in [5.41, 5.74) is 29.2. The number of para-hydroxylation sites is 6. The highest BCUT2D eigenvalue weighted by molar-refractivity contribution is 6.13. The Balaban J connectivity index is 0.000000115. The lowest BCUT2D eigenvalue weighted by Crippen LogP contribution is -2.10. The van der Waals surface area contributed by atoms with Crippen LogP contribution in [0.5, 0.6) is 0 Å². The Kier molecular flexibility index (Phi) is 19.0. The fourth-order valence-electron chi connectivity index (χ4n) is 16.2. The van der Waals surface area contributed by atoms with Gasteiger partial charge >= 0.3 is 0 Å². The molecule has 0 spiro atoms. The number of fused-ring (bicyclic) bond motifs is 9. The first-order valence-electron chi connectivity index (χ1n) is 40.4. The van der Waals surface area contributed by atoms with E-state index in [0.717, 1.165) is 78.3 Å². The van der Waals surface area contributed by atoms with Gasteiger partial charge in [0.1, 0.15) is 0 Å². The predicted octanol–water partition coefficient (Wildman–Crippen LogP) is 28.1. The van der Waals surface area contributed by atoms with Crippen LogP contribution in [0.25, 0.3) is 196 Å². The van der Waals surface area contributed by atoms with E-state index in [2.05, 4.69) is 382 Å². The Hall–Kier alpha value is -15.7. The molecular formula is C108H79N9O3. The molecule has 574 valence electrons. The molecule has 22 aromatic rings. The van der Waals surface area contributed by atoms with Crippen LogP contribution in [0.4, 0.5) is 0 Å². The SMILES string of the molecule is CC(C)(C)c1ccc(-c2nnc(-c3ccc(-c4ccc5c(c4)c4ccccc4n5-c4ccccc4)cc3)o2)cc1.Cc1ccc(-c2ccc(-c3nnc(-c4ccc(-c5ccc6c(c5)c5ccccc5n6-c5ccccc5)cc4)o3)cc2)cc1.Cc1ccc(-c2nnc(-c3ccc(-c4ccc5c(c4)c4ccccc4n5-c4ccccc4)cc3)o2)cc1. The molecule has 6 aromatic heterocycles. The minimum atomic E-state index is 0.101. The zero-order valence-electron chi connectivity index (χ0n) is 66.7. The van der Waals surface area contributed by atoms with Crippen molar-refractivity contribution in [3.8, 4) is 130 Å². The molecule has 0 saturated heterocycles. The summed E-state index contributed by atoms with van der Waals surface area (Å²) in [6.07, 6.45) is 0. The summed E-state index contributed by atoms with van der Waals surface area (Å²) in [4.78, 5) is 0. The summed E-state index contributed by atoms with van der Waals surface area (Å²) in [7, 11) is 0. The molecule has 0 fully saturated rings. The maximum atomic E-state index is 6.09. The number of benzene rings is 16. The van der Waals surface area contributed by atoms with Gasteiger partial charge in [0, 0.05) is 82.8 Å². The van der Waals surface area contributed by atoms with E-state index in [1.54, 1.807) is 0 Å². The largest absolute Gasteiger partial charge is 0.416 e. The number of nitrogens with zero attached hydrogens (tertiary/aromatic N) is 9. The molecule has 0 radical (unpaired) electrons. The Morgan fingerprint density at radius 3 is 0.658 bits per heavy atom. The molecular weight excluding hydrogens is 1470 g/mol. The van der Waals surface area contributed by atoms with Crippen molar-refractivity contribution in [1.82, 2.24) is 44.3 Å². The summed E-state index contributed by atoms with van der Waals surface area (Å²) in [6.45, 7) is 10.8. The predicted molar refractivity (Wildman–Crippen MR) is 488 cm³/mol. The van der Waals surface area contributed by atoms with Gasteiger partial charge in [0.15, 0.2) is 0 Å². The van der Waals surface area contributed by atoms with E-state index in [1.165, 1.54) is 98.8 Å². The highest BCUT2D eigenvalue weighted by Crippen LogP contribution is 2.41. The zero-order chi connectivity index (χ0) is 80.8. The second-order valence-corrected chi connectivity index (χ2v) is 31.4. The van der Waals surface area contributed by atoms with Gasteiger partial charge in [0.25, 0.3) is 0 Å². The number of hydrogen-bond acceptors (Lipinski definition) is 9. The standard InChI is InChI=1S/C39H27N3O.C36H29N3O.C33H23N3O/c1-26-11-13-27(14-12-26)28-15-19-30(20-16-28)38-40-41-39(43-38)31-21-17-29(18-22-31)32-23-24-37-35(25-32)34-9-5-6-10-36(34)42(37)33-7-3-2-4-8-33;1-36(2,3)28-20-17-26(18-21-28)35-38-37-34(40-35)25-15-13-24(14-16-25)27-19-22-33-31(23-27)30-11-7-8-12-32(30)39(33)29-9-5-4-6-10-29;1-22-11-13-24(14-12-22)32-34-35-33(37-32)25-17-15-23(16-18-25)26-19-20-31-29(21-26)28-9-5-6-10-30(28)36(31)27-7-3-2-4-8-27/h2-25H,1H3;4-23H,1-3H3;2-21H,1H3. The first kappa shape index (κ1) is 73.2. The van der Waals surface area contributed by atoms with Crippen molar-refractivity contribution < 1.29 is 13.3 Å². The van der Waals surface area contributed by atoms with Crippen molar-refractivity contribution >= 4 is 65.4 Å². The molecule has 0 aliphatic rings. The Labute approximate surface area is 693 Å². The van der Waals surface area contributed by atoms with E-state index < -0.39 is 0 Å². The fourth-order valence-corrected chi connectivity index (χ4v) is 16.2. The third kappa shape index (κ3) is 14.3. The monoisotopic (exact) mass is 1550 g/mol. The second-order valence-electron chi connectivity index (χ2n) is 31.4. The van der Waals surface area contributed by atoms with Gasteiger partial charge in [-0.1, -0.05) is 256 Å². The van der Waals surface area contributed by atoms with E-state index in [0.29, 0.717) is 35.3 Å². The van der Waals surface area contributed by atoms with E-state index in [9.17, 15) is 0 Å². The second kappa shape index (κ2) is 31.2. The van der Waals surface area contributed by atoms with Gasteiger partial charge < -0.3 is 27.0 Å². The van der Waals surface area contributed by atoms with E-state index in [-0.39, 0.29) is 5.41 Å². The minimum Gasteiger partial charge on any atom is -0.416 e. The van der Waals surface area contributed by atoms with Crippen LogP contribution in [0.1, 0.15) is 37.5 Å². The Bertz CT molecular complexity index is 7440. The highest BCUT2D eigenvalue weighted by atomic mass is 16.4. The van der Waals surface area contributed by atoms with Crippen LogP contribution in [-0.4, -0.2) is 44.3 Å². The molecule has 12 heteroatoms. The molecule has 0 bridgehead atoms. The van der Waals surface area contributed by atoms with E-state index in [1.807, 2.05) is 84.9 Å². The molecule has 0 saturated carbocycles.